The van der Waals surface area contributed by atoms with Crippen molar-refractivity contribution in [2.45, 2.75) is 19.4 Å². The van der Waals surface area contributed by atoms with Gasteiger partial charge in [-0.3, -0.25) is 4.79 Å². The predicted molar refractivity (Wildman–Crippen MR) is 86.5 cm³/mol. The number of aromatic nitrogens is 1. The second-order valence-corrected chi connectivity index (χ2v) is 5.64. The van der Waals surface area contributed by atoms with E-state index in [4.69, 9.17) is 9.47 Å². The van der Waals surface area contributed by atoms with E-state index in [1.165, 1.54) is 0 Å². The first-order chi connectivity index (χ1) is 11.2. The maximum absolute atomic E-state index is 12.2. The minimum Gasteiger partial charge on any atom is -0.484 e. The van der Waals surface area contributed by atoms with Crippen LogP contribution in [0.5, 0.6) is 11.6 Å². The van der Waals surface area contributed by atoms with Crippen molar-refractivity contribution in [2.75, 3.05) is 19.7 Å². The Labute approximate surface area is 135 Å². The number of likely N-dealkylation sites (tertiary alicyclic amines) is 1. The summed E-state index contributed by atoms with van der Waals surface area (Å²) in [4.78, 5) is 18.2. The van der Waals surface area contributed by atoms with E-state index in [2.05, 4.69) is 4.98 Å². The maximum Gasteiger partial charge on any atom is 0.260 e. The molecule has 2 heterocycles. The Kier molecular flexibility index (Phi) is 4.76. The summed E-state index contributed by atoms with van der Waals surface area (Å²) >= 11 is 0. The summed E-state index contributed by atoms with van der Waals surface area (Å²) in [6, 6.07) is 13.2. The van der Waals surface area contributed by atoms with Crippen LogP contribution >= 0.6 is 0 Å². The fourth-order valence-corrected chi connectivity index (χ4v) is 2.50. The summed E-state index contributed by atoms with van der Waals surface area (Å²) in [7, 11) is 0. The lowest BCUT2D eigenvalue weighted by atomic mass is 10.3. The summed E-state index contributed by atoms with van der Waals surface area (Å²) in [5, 5.41) is 0. The Bertz CT molecular complexity index is 643. The van der Waals surface area contributed by atoms with Gasteiger partial charge in [0.2, 0.25) is 5.88 Å². The lowest BCUT2D eigenvalue weighted by Gasteiger charge is -2.17. The van der Waals surface area contributed by atoms with Crippen LogP contribution in [-0.2, 0) is 4.79 Å². The van der Waals surface area contributed by atoms with Crippen molar-refractivity contribution in [3.8, 4) is 11.6 Å². The van der Waals surface area contributed by atoms with Crippen LogP contribution in [0.15, 0.2) is 48.7 Å². The Morgan fingerprint density at radius 3 is 2.83 bits per heavy atom. The highest BCUT2D eigenvalue weighted by atomic mass is 16.5. The number of para-hydroxylation sites is 1. The molecule has 0 N–H and O–H groups in total. The number of carbonyl (C=O) groups is 1. The molecule has 0 saturated carbocycles. The van der Waals surface area contributed by atoms with Crippen molar-refractivity contribution >= 4 is 5.91 Å². The molecule has 5 heteroatoms. The van der Waals surface area contributed by atoms with Crippen LogP contribution in [-0.4, -0.2) is 41.6 Å². The number of ether oxygens (including phenoxy) is 2. The molecule has 1 aliphatic rings. The van der Waals surface area contributed by atoms with E-state index >= 15 is 0 Å². The van der Waals surface area contributed by atoms with Gasteiger partial charge in [-0.1, -0.05) is 24.3 Å². The number of hydrogen-bond acceptors (Lipinski definition) is 4. The molecule has 120 valence electrons. The van der Waals surface area contributed by atoms with Gasteiger partial charge in [-0.05, 0) is 24.6 Å². The summed E-state index contributed by atoms with van der Waals surface area (Å²) in [5.41, 5.74) is 1.10. The van der Waals surface area contributed by atoms with Crippen molar-refractivity contribution in [2.24, 2.45) is 0 Å². The zero-order valence-electron chi connectivity index (χ0n) is 13.1. The fraction of sp³-hybridized carbons (Fsp3) is 0.333. The summed E-state index contributed by atoms with van der Waals surface area (Å²) in [6.07, 6.45) is 2.58. The van der Waals surface area contributed by atoms with Gasteiger partial charge < -0.3 is 14.4 Å². The summed E-state index contributed by atoms with van der Waals surface area (Å²) < 4.78 is 11.3. The predicted octanol–water partition coefficient (Wildman–Crippen LogP) is 2.45. The molecule has 1 aromatic heterocycles. The Hall–Kier alpha value is -2.56. The molecule has 0 spiro atoms. The lowest BCUT2D eigenvalue weighted by Crippen LogP contribution is -2.34. The van der Waals surface area contributed by atoms with Gasteiger partial charge >= 0.3 is 0 Å². The highest BCUT2D eigenvalue weighted by molar-refractivity contribution is 5.78. The van der Waals surface area contributed by atoms with Crippen LogP contribution < -0.4 is 9.47 Å². The zero-order valence-corrected chi connectivity index (χ0v) is 13.1. The number of amides is 1. The average molecular weight is 312 g/mol. The maximum atomic E-state index is 12.2. The standard InChI is InChI=1S/C18H20N2O3/c1-14-7-8-17(19-11-14)23-16-9-10-20(12-16)18(21)13-22-15-5-3-2-4-6-15/h2-8,11,16H,9-10,12-13H2,1H3. The number of aryl methyl sites for hydroxylation is 1. The van der Waals surface area contributed by atoms with E-state index in [0.717, 1.165) is 12.0 Å². The van der Waals surface area contributed by atoms with Crippen LogP contribution in [0.3, 0.4) is 0 Å². The number of benzene rings is 1. The number of nitrogens with zero attached hydrogens (tertiary/aromatic N) is 2. The van der Waals surface area contributed by atoms with Crippen LogP contribution in [0, 0.1) is 6.92 Å². The molecular weight excluding hydrogens is 292 g/mol. The topological polar surface area (TPSA) is 51.7 Å². The second-order valence-electron chi connectivity index (χ2n) is 5.64. The van der Waals surface area contributed by atoms with Gasteiger partial charge in [0.1, 0.15) is 11.9 Å². The lowest BCUT2D eigenvalue weighted by molar-refractivity contribution is -0.132. The Balaban J connectivity index is 1.47. The fourth-order valence-electron chi connectivity index (χ4n) is 2.50. The van der Waals surface area contributed by atoms with Crippen molar-refractivity contribution in [1.29, 1.82) is 0 Å². The van der Waals surface area contributed by atoms with Crippen molar-refractivity contribution < 1.29 is 14.3 Å². The van der Waals surface area contributed by atoms with E-state index < -0.39 is 0 Å². The van der Waals surface area contributed by atoms with Crippen molar-refractivity contribution in [3.05, 3.63) is 54.2 Å². The number of pyridine rings is 1. The zero-order chi connectivity index (χ0) is 16.1. The van der Waals surface area contributed by atoms with Crippen LogP contribution in [0.4, 0.5) is 0 Å². The molecule has 1 fully saturated rings. The molecule has 1 aromatic carbocycles. The molecule has 2 aromatic rings. The molecule has 3 rings (SSSR count). The average Bonchev–Trinajstić information content (AvgIpc) is 3.04. The third kappa shape index (κ3) is 4.22. The van der Waals surface area contributed by atoms with Gasteiger partial charge in [0, 0.05) is 25.2 Å². The summed E-state index contributed by atoms with van der Waals surface area (Å²) in [6.45, 7) is 3.30. The minimum atomic E-state index is -0.0168. The van der Waals surface area contributed by atoms with Gasteiger partial charge in [-0.2, -0.15) is 0 Å². The third-order valence-electron chi connectivity index (χ3n) is 3.77. The first-order valence-corrected chi connectivity index (χ1v) is 7.75. The number of carbonyl (C=O) groups excluding carboxylic acids is 1. The molecule has 1 atom stereocenters. The minimum absolute atomic E-state index is 0.00844. The molecule has 0 bridgehead atoms. The Morgan fingerprint density at radius 1 is 1.26 bits per heavy atom. The highest BCUT2D eigenvalue weighted by Gasteiger charge is 2.28. The molecule has 0 aliphatic carbocycles. The van der Waals surface area contributed by atoms with E-state index in [0.29, 0.717) is 24.7 Å². The van der Waals surface area contributed by atoms with E-state index in [1.54, 1.807) is 11.1 Å². The molecule has 0 radical (unpaired) electrons. The van der Waals surface area contributed by atoms with E-state index in [1.807, 2.05) is 49.4 Å². The molecule has 1 amide bonds. The second kappa shape index (κ2) is 7.13. The molecule has 23 heavy (non-hydrogen) atoms. The first kappa shape index (κ1) is 15.3. The molecular formula is C18H20N2O3. The first-order valence-electron chi connectivity index (χ1n) is 7.75. The highest BCUT2D eigenvalue weighted by Crippen LogP contribution is 2.17. The summed E-state index contributed by atoms with van der Waals surface area (Å²) in [5.74, 6) is 1.30. The van der Waals surface area contributed by atoms with Crippen LogP contribution in [0.2, 0.25) is 0 Å². The third-order valence-corrected chi connectivity index (χ3v) is 3.77. The molecule has 5 nitrogen and oxygen atoms in total. The van der Waals surface area contributed by atoms with E-state index in [9.17, 15) is 4.79 Å². The normalized spacial score (nSPS) is 17.1. The van der Waals surface area contributed by atoms with Crippen molar-refractivity contribution in [3.63, 3.8) is 0 Å². The monoisotopic (exact) mass is 312 g/mol. The van der Waals surface area contributed by atoms with Crippen molar-refractivity contribution in [1.82, 2.24) is 9.88 Å². The largest absolute Gasteiger partial charge is 0.484 e. The Morgan fingerprint density at radius 2 is 2.09 bits per heavy atom. The number of hydrogen-bond donors (Lipinski definition) is 0. The molecule has 1 aliphatic heterocycles. The molecule has 1 unspecified atom stereocenters. The van der Waals surface area contributed by atoms with Gasteiger partial charge in [0.15, 0.2) is 6.61 Å². The smallest absolute Gasteiger partial charge is 0.260 e. The quantitative estimate of drug-likeness (QED) is 0.851. The van der Waals surface area contributed by atoms with Crippen LogP contribution in [0.1, 0.15) is 12.0 Å². The van der Waals surface area contributed by atoms with E-state index in [-0.39, 0.29) is 18.6 Å². The number of rotatable bonds is 5. The van der Waals surface area contributed by atoms with Gasteiger partial charge in [0.05, 0.1) is 6.54 Å². The van der Waals surface area contributed by atoms with Gasteiger partial charge in [-0.15, -0.1) is 0 Å². The SMILES string of the molecule is Cc1ccc(OC2CCN(C(=O)COc3ccccc3)C2)nc1. The van der Waals surface area contributed by atoms with Gasteiger partial charge in [0.25, 0.3) is 5.91 Å². The van der Waals surface area contributed by atoms with Gasteiger partial charge in [-0.25, -0.2) is 4.98 Å². The molecule has 1 saturated heterocycles. The van der Waals surface area contributed by atoms with Crippen LogP contribution in [0.25, 0.3) is 0 Å².